The molecule has 2 N–H and O–H groups in total. The molecular formula is C17H24N4OS. The summed E-state index contributed by atoms with van der Waals surface area (Å²) in [7, 11) is 0. The van der Waals surface area contributed by atoms with Crippen molar-refractivity contribution in [3.05, 3.63) is 34.0 Å². The minimum absolute atomic E-state index is 0.0855. The summed E-state index contributed by atoms with van der Waals surface area (Å²) in [5, 5.41) is 6.69. The van der Waals surface area contributed by atoms with Crippen molar-refractivity contribution in [2.24, 2.45) is 11.1 Å². The Hall–Kier alpha value is -1.69. The van der Waals surface area contributed by atoms with Gasteiger partial charge in [0, 0.05) is 11.4 Å². The van der Waals surface area contributed by atoms with Crippen LogP contribution in [-0.4, -0.2) is 20.7 Å². The number of nitrogens with zero attached hydrogens (tertiary/aromatic N) is 3. The highest BCUT2D eigenvalue weighted by molar-refractivity contribution is 7.10. The van der Waals surface area contributed by atoms with Gasteiger partial charge in [-0.3, -0.25) is 4.79 Å². The molecule has 0 aliphatic heterocycles. The van der Waals surface area contributed by atoms with E-state index in [1.165, 1.54) is 4.88 Å². The monoisotopic (exact) mass is 332 g/mol. The number of aromatic nitrogens is 3. The fourth-order valence-electron chi connectivity index (χ4n) is 3.45. The van der Waals surface area contributed by atoms with E-state index in [1.54, 1.807) is 11.3 Å². The maximum absolute atomic E-state index is 11.3. The van der Waals surface area contributed by atoms with Crippen LogP contribution < -0.4 is 5.73 Å². The van der Waals surface area contributed by atoms with Gasteiger partial charge in [0.05, 0.1) is 11.8 Å². The molecule has 5 nitrogen and oxygen atoms in total. The zero-order valence-electron chi connectivity index (χ0n) is 14.0. The first-order valence-electron chi connectivity index (χ1n) is 8.17. The molecule has 3 rings (SSSR count). The topological polar surface area (TPSA) is 73.8 Å². The average Bonchev–Trinajstić information content (AvgIpc) is 2.92. The van der Waals surface area contributed by atoms with E-state index in [4.69, 9.17) is 10.7 Å². The zero-order valence-corrected chi connectivity index (χ0v) is 14.8. The van der Waals surface area contributed by atoms with Crippen LogP contribution in [0, 0.1) is 5.41 Å². The predicted molar refractivity (Wildman–Crippen MR) is 91.3 cm³/mol. The smallest absolute Gasteiger partial charge is 0.225 e. The fraction of sp³-hybridized carbons (Fsp3) is 0.588. The minimum atomic E-state index is -0.385. The van der Waals surface area contributed by atoms with Gasteiger partial charge in [0.25, 0.3) is 0 Å². The van der Waals surface area contributed by atoms with Crippen LogP contribution in [0.2, 0.25) is 0 Å². The lowest BCUT2D eigenvalue weighted by Gasteiger charge is -2.19. The van der Waals surface area contributed by atoms with Crippen LogP contribution in [0.5, 0.6) is 0 Å². The van der Waals surface area contributed by atoms with E-state index in [0.717, 1.165) is 31.6 Å². The molecule has 6 heteroatoms. The summed E-state index contributed by atoms with van der Waals surface area (Å²) in [5.41, 5.74) is 5.40. The Labute approximate surface area is 140 Å². The Morgan fingerprint density at radius 1 is 1.48 bits per heavy atom. The van der Waals surface area contributed by atoms with Crippen LogP contribution in [0.4, 0.5) is 0 Å². The summed E-state index contributed by atoms with van der Waals surface area (Å²) in [4.78, 5) is 17.3. The third-order valence-corrected chi connectivity index (χ3v) is 5.86. The van der Waals surface area contributed by atoms with E-state index >= 15 is 0 Å². The van der Waals surface area contributed by atoms with Crippen molar-refractivity contribution in [3.8, 4) is 0 Å². The first kappa shape index (κ1) is 16.2. The highest BCUT2D eigenvalue weighted by Crippen LogP contribution is 2.68. The number of carbonyl (C=O) groups excluding carboxylic acids is 1. The lowest BCUT2D eigenvalue weighted by atomic mass is 9.93. The Bertz CT molecular complexity index is 704. The fourth-order valence-corrected chi connectivity index (χ4v) is 4.55. The van der Waals surface area contributed by atoms with E-state index in [-0.39, 0.29) is 23.2 Å². The van der Waals surface area contributed by atoms with Gasteiger partial charge in [0.15, 0.2) is 5.82 Å². The van der Waals surface area contributed by atoms with Gasteiger partial charge in [-0.25, -0.2) is 9.67 Å². The van der Waals surface area contributed by atoms with Gasteiger partial charge >= 0.3 is 0 Å². The average molecular weight is 332 g/mol. The second kappa shape index (κ2) is 5.74. The summed E-state index contributed by atoms with van der Waals surface area (Å²) < 4.78 is 2.01. The summed E-state index contributed by atoms with van der Waals surface area (Å²) >= 11 is 1.77. The van der Waals surface area contributed by atoms with Crippen molar-refractivity contribution in [2.75, 3.05) is 0 Å². The number of primary amides is 1. The van der Waals surface area contributed by atoms with Crippen LogP contribution >= 0.6 is 11.3 Å². The van der Waals surface area contributed by atoms with Gasteiger partial charge in [-0.05, 0) is 29.7 Å². The van der Waals surface area contributed by atoms with E-state index in [1.807, 2.05) is 4.68 Å². The molecule has 2 aromatic rings. The largest absolute Gasteiger partial charge is 0.369 e. The van der Waals surface area contributed by atoms with Gasteiger partial charge in [-0.1, -0.05) is 33.3 Å². The summed E-state index contributed by atoms with van der Waals surface area (Å²) in [6.45, 7) is 7.55. The molecule has 1 saturated carbocycles. The Morgan fingerprint density at radius 2 is 2.22 bits per heavy atom. The molecule has 2 aromatic heterocycles. The zero-order chi connectivity index (χ0) is 16.7. The first-order chi connectivity index (χ1) is 10.9. The highest BCUT2D eigenvalue weighted by Gasteiger charge is 2.66. The number of thiophene rings is 1. The van der Waals surface area contributed by atoms with Crippen molar-refractivity contribution in [2.45, 2.75) is 58.4 Å². The van der Waals surface area contributed by atoms with Crippen molar-refractivity contribution in [1.82, 2.24) is 14.8 Å². The van der Waals surface area contributed by atoms with Gasteiger partial charge in [0.1, 0.15) is 5.82 Å². The van der Waals surface area contributed by atoms with E-state index < -0.39 is 0 Å². The number of hydrogen-bond acceptors (Lipinski definition) is 4. The number of unbranched alkanes of at least 4 members (excludes halogenated alkanes) is 1. The molecule has 1 aliphatic rings. The standard InChI is InChI=1S/C17H24N4OS/c1-4-5-8-21-15(19-14(20-21)10-13(18)22)17(11-16(17,2)3)12-7-6-9-23-12/h6-7,9H,4-5,8,10-11H2,1-3H3,(H2,18,22). The predicted octanol–water partition coefficient (Wildman–Crippen LogP) is 2.88. The van der Waals surface area contributed by atoms with Crippen molar-refractivity contribution < 1.29 is 4.79 Å². The third kappa shape index (κ3) is 2.69. The van der Waals surface area contributed by atoms with Crippen LogP contribution in [-0.2, 0) is 23.2 Å². The molecule has 1 amide bonds. The lowest BCUT2D eigenvalue weighted by Crippen LogP contribution is -2.21. The maximum atomic E-state index is 11.3. The van der Waals surface area contributed by atoms with Crippen LogP contribution in [0.1, 0.15) is 56.6 Å². The molecule has 0 saturated heterocycles. The summed E-state index contributed by atoms with van der Waals surface area (Å²) in [5.74, 6) is 1.15. The Kier molecular flexibility index (Phi) is 4.04. The van der Waals surface area contributed by atoms with Gasteiger partial charge in [0.2, 0.25) is 5.91 Å². The number of aryl methyl sites for hydroxylation is 1. The Morgan fingerprint density at radius 3 is 2.74 bits per heavy atom. The van der Waals surface area contributed by atoms with Crippen molar-refractivity contribution in [3.63, 3.8) is 0 Å². The van der Waals surface area contributed by atoms with E-state index in [2.05, 4.69) is 43.4 Å². The van der Waals surface area contributed by atoms with Crippen molar-refractivity contribution in [1.29, 1.82) is 0 Å². The molecule has 1 aliphatic carbocycles. The second-order valence-electron chi connectivity index (χ2n) is 7.01. The van der Waals surface area contributed by atoms with E-state index in [0.29, 0.717) is 5.82 Å². The number of hydrogen-bond donors (Lipinski definition) is 1. The second-order valence-corrected chi connectivity index (χ2v) is 7.96. The molecule has 0 spiro atoms. The molecule has 2 heterocycles. The molecule has 1 fully saturated rings. The highest BCUT2D eigenvalue weighted by atomic mass is 32.1. The molecule has 124 valence electrons. The van der Waals surface area contributed by atoms with Crippen LogP contribution in [0.3, 0.4) is 0 Å². The summed E-state index contributed by atoms with van der Waals surface area (Å²) in [6, 6.07) is 4.28. The van der Waals surface area contributed by atoms with Gasteiger partial charge < -0.3 is 5.73 Å². The SMILES string of the molecule is CCCCn1nc(CC(N)=O)nc1C1(c2cccs2)CC1(C)C. The Balaban J connectivity index is 2.06. The normalized spacial score (nSPS) is 22.2. The number of amides is 1. The van der Waals surface area contributed by atoms with Crippen molar-refractivity contribution >= 4 is 17.2 Å². The molecule has 23 heavy (non-hydrogen) atoms. The van der Waals surface area contributed by atoms with Crippen LogP contribution in [0.25, 0.3) is 0 Å². The van der Waals surface area contributed by atoms with Gasteiger partial charge in [-0.2, -0.15) is 5.10 Å². The maximum Gasteiger partial charge on any atom is 0.225 e. The molecule has 0 bridgehead atoms. The molecule has 1 atom stereocenters. The number of carbonyl (C=O) groups is 1. The van der Waals surface area contributed by atoms with Gasteiger partial charge in [-0.15, -0.1) is 11.3 Å². The molecular weight excluding hydrogens is 308 g/mol. The van der Waals surface area contributed by atoms with E-state index in [9.17, 15) is 4.79 Å². The number of nitrogens with two attached hydrogens (primary N) is 1. The molecule has 0 aromatic carbocycles. The lowest BCUT2D eigenvalue weighted by molar-refractivity contribution is -0.117. The minimum Gasteiger partial charge on any atom is -0.369 e. The van der Waals surface area contributed by atoms with Crippen LogP contribution in [0.15, 0.2) is 17.5 Å². The molecule has 1 unspecified atom stereocenters. The molecule has 0 radical (unpaired) electrons. The quantitative estimate of drug-likeness (QED) is 0.847. The summed E-state index contributed by atoms with van der Waals surface area (Å²) in [6.07, 6.45) is 3.31. The first-order valence-corrected chi connectivity index (χ1v) is 9.05. The number of rotatable bonds is 7. The third-order valence-electron chi connectivity index (χ3n) is 4.83.